The van der Waals surface area contributed by atoms with Crippen molar-refractivity contribution >= 4 is 5.91 Å². The van der Waals surface area contributed by atoms with E-state index in [1.54, 1.807) is 0 Å². The summed E-state index contributed by atoms with van der Waals surface area (Å²) in [7, 11) is 0. The first kappa shape index (κ1) is 17.4. The quantitative estimate of drug-likeness (QED) is 0.903. The van der Waals surface area contributed by atoms with Crippen molar-refractivity contribution in [2.24, 2.45) is 17.6 Å². The van der Waals surface area contributed by atoms with Crippen LogP contribution in [0.5, 0.6) is 0 Å². The molecule has 4 nitrogen and oxygen atoms in total. The van der Waals surface area contributed by atoms with E-state index in [2.05, 4.69) is 17.0 Å². The van der Waals surface area contributed by atoms with Gasteiger partial charge in [-0.15, -0.1) is 0 Å². The van der Waals surface area contributed by atoms with Gasteiger partial charge in [-0.2, -0.15) is 0 Å². The van der Waals surface area contributed by atoms with E-state index in [4.69, 9.17) is 10.5 Å². The van der Waals surface area contributed by atoms with Crippen LogP contribution in [0, 0.1) is 11.8 Å². The number of hydrogen-bond donors (Lipinski definition) is 1. The van der Waals surface area contributed by atoms with Crippen molar-refractivity contribution in [2.45, 2.75) is 51.2 Å². The zero-order valence-corrected chi connectivity index (χ0v) is 14.5. The molecule has 1 heterocycles. The van der Waals surface area contributed by atoms with Crippen LogP contribution in [0.15, 0.2) is 30.3 Å². The summed E-state index contributed by atoms with van der Waals surface area (Å²) in [4.78, 5) is 14.8. The van der Waals surface area contributed by atoms with Gasteiger partial charge in [-0.25, -0.2) is 0 Å². The van der Waals surface area contributed by atoms with Crippen LogP contribution < -0.4 is 5.73 Å². The van der Waals surface area contributed by atoms with Crippen LogP contribution in [0.2, 0.25) is 0 Å². The van der Waals surface area contributed by atoms with Gasteiger partial charge >= 0.3 is 0 Å². The molecule has 2 N–H and O–H groups in total. The predicted molar refractivity (Wildman–Crippen MR) is 95.3 cm³/mol. The molecule has 2 fully saturated rings. The minimum absolute atomic E-state index is 0.231. The van der Waals surface area contributed by atoms with E-state index in [-0.39, 0.29) is 12.0 Å². The van der Waals surface area contributed by atoms with Gasteiger partial charge in [0.2, 0.25) is 5.91 Å². The maximum atomic E-state index is 12.7. The van der Waals surface area contributed by atoms with Gasteiger partial charge < -0.3 is 15.4 Å². The molecule has 1 aliphatic heterocycles. The van der Waals surface area contributed by atoms with Gasteiger partial charge in [0.1, 0.15) is 0 Å². The van der Waals surface area contributed by atoms with Crippen LogP contribution in [-0.4, -0.2) is 36.5 Å². The van der Waals surface area contributed by atoms with Crippen molar-refractivity contribution in [1.29, 1.82) is 0 Å². The van der Waals surface area contributed by atoms with Gasteiger partial charge in [-0.05, 0) is 56.6 Å². The highest BCUT2D eigenvalue weighted by Crippen LogP contribution is 2.30. The zero-order chi connectivity index (χ0) is 16.8. The number of hydrogen-bond acceptors (Lipinski definition) is 3. The van der Waals surface area contributed by atoms with Crippen molar-refractivity contribution in [1.82, 2.24) is 4.90 Å². The summed E-state index contributed by atoms with van der Waals surface area (Å²) in [6.07, 6.45) is 6.46. The number of rotatable bonds is 5. The number of carbonyl (C=O) groups excluding carboxylic acids is 1. The minimum atomic E-state index is 0.231. The Bertz CT molecular complexity index is 504. The lowest BCUT2D eigenvalue weighted by atomic mass is 9.81. The van der Waals surface area contributed by atoms with Gasteiger partial charge in [0.15, 0.2) is 0 Å². The molecule has 1 amide bonds. The fraction of sp³-hybridized carbons (Fsp3) is 0.650. The second-order valence-corrected chi connectivity index (χ2v) is 7.27. The van der Waals surface area contributed by atoms with Gasteiger partial charge in [-0.3, -0.25) is 4.79 Å². The maximum absolute atomic E-state index is 12.7. The minimum Gasteiger partial charge on any atom is -0.373 e. The predicted octanol–water partition coefficient (Wildman–Crippen LogP) is 2.96. The summed E-state index contributed by atoms with van der Waals surface area (Å²) in [5, 5.41) is 0. The highest BCUT2D eigenvalue weighted by Gasteiger charge is 2.31. The van der Waals surface area contributed by atoms with Crippen LogP contribution in [0.25, 0.3) is 0 Å². The van der Waals surface area contributed by atoms with Crippen molar-refractivity contribution in [3.8, 4) is 0 Å². The number of ether oxygens (including phenoxy) is 1. The average molecular weight is 330 g/mol. The molecule has 1 aromatic carbocycles. The first-order chi connectivity index (χ1) is 11.8. The lowest BCUT2D eigenvalue weighted by molar-refractivity contribution is -0.139. The smallest absolute Gasteiger partial charge is 0.225 e. The van der Waals surface area contributed by atoms with Gasteiger partial charge in [0.25, 0.3) is 0 Å². The van der Waals surface area contributed by atoms with Crippen LogP contribution in [0.1, 0.15) is 44.1 Å². The molecule has 2 aliphatic rings. The Morgan fingerprint density at radius 1 is 1.04 bits per heavy atom. The Labute approximate surface area is 145 Å². The van der Waals surface area contributed by atoms with Crippen LogP contribution in [0.3, 0.4) is 0 Å². The van der Waals surface area contributed by atoms with Gasteiger partial charge in [-0.1, -0.05) is 30.3 Å². The summed E-state index contributed by atoms with van der Waals surface area (Å²) in [6, 6.07) is 10.3. The highest BCUT2D eigenvalue weighted by molar-refractivity contribution is 5.79. The molecule has 132 valence electrons. The average Bonchev–Trinajstić information content (AvgIpc) is 2.67. The van der Waals surface area contributed by atoms with E-state index in [9.17, 15) is 4.79 Å². The molecule has 1 aromatic rings. The molecule has 1 saturated carbocycles. The molecule has 1 aliphatic carbocycles. The molecule has 0 aromatic heterocycles. The van der Waals surface area contributed by atoms with E-state index in [0.717, 1.165) is 58.2 Å². The SMILES string of the molecule is NCC1CCC(C(=O)N2CCC(OCc3ccccc3)CC2)CC1. The Balaban J connectivity index is 1.39. The number of nitrogens with zero attached hydrogens (tertiary/aromatic N) is 1. The van der Waals surface area contributed by atoms with E-state index >= 15 is 0 Å². The largest absolute Gasteiger partial charge is 0.373 e. The molecule has 1 saturated heterocycles. The first-order valence-electron chi connectivity index (χ1n) is 9.40. The zero-order valence-electron chi connectivity index (χ0n) is 14.5. The molecule has 0 atom stereocenters. The molecule has 0 radical (unpaired) electrons. The van der Waals surface area contributed by atoms with E-state index < -0.39 is 0 Å². The summed E-state index contributed by atoms with van der Waals surface area (Å²) in [6.45, 7) is 3.12. The summed E-state index contributed by atoms with van der Waals surface area (Å²) < 4.78 is 6.02. The number of carbonyl (C=O) groups is 1. The van der Waals surface area contributed by atoms with Crippen molar-refractivity contribution in [3.63, 3.8) is 0 Å². The van der Waals surface area contributed by atoms with Gasteiger partial charge in [0, 0.05) is 19.0 Å². The Morgan fingerprint density at radius 3 is 2.33 bits per heavy atom. The Kier molecular flexibility index (Phi) is 6.27. The van der Waals surface area contributed by atoms with Crippen molar-refractivity contribution in [3.05, 3.63) is 35.9 Å². The monoisotopic (exact) mass is 330 g/mol. The summed E-state index contributed by atoms with van der Waals surface area (Å²) in [5.74, 6) is 1.23. The molecule has 0 unspecified atom stereocenters. The Hall–Kier alpha value is -1.39. The van der Waals surface area contributed by atoms with Crippen LogP contribution in [0.4, 0.5) is 0 Å². The lowest BCUT2D eigenvalue weighted by Crippen LogP contribution is -2.44. The highest BCUT2D eigenvalue weighted by atomic mass is 16.5. The third-order valence-electron chi connectivity index (χ3n) is 5.61. The van der Waals surface area contributed by atoms with Crippen molar-refractivity contribution in [2.75, 3.05) is 19.6 Å². The van der Waals surface area contributed by atoms with Crippen LogP contribution in [-0.2, 0) is 16.1 Å². The van der Waals surface area contributed by atoms with Crippen molar-refractivity contribution < 1.29 is 9.53 Å². The molecule has 4 heteroatoms. The number of likely N-dealkylation sites (tertiary alicyclic amines) is 1. The molecular weight excluding hydrogens is 300 g/mol. The summed E-state index contributed by atoms with van der Waals surface area (Å²) in [5.41, 5.74) is 6.96. The fourth-order valence-electron chi connectivity index (χ4n) is 3.93. The summed E-state index contributed by atoms with van der Waals surface area (Å²) >= 11 is 0. The van der Waals surface area contributed by atoms with E-state index in [1.807, 2.05) is 18.2 Å². The maximum Gasteiger partial charge on any atom is 0.225 e. The number of piperidine rings is 1. The topological polar surface area (TPSA) is 55.6 Å². The van der Waals surface area contributed by atoms with Crippen LogP contribution >= 0.6 is 0 Å². The number of nitrogens with two attached hydrogens (primary N) is 1. The molecular formula is C20H30N2O2. The molecule has 24 heavy (non-hydrogen) atoms. The normalized spacial score (nSPS) is 25.6. The third kappa shape index (κ3) is 4.58. The molecule has 0 bridgehead atoms. The molecule has 3 rings (SSSR count). The lowest BCUT2D eigenvalue weighted by Gasteiger charge is -2.36. The Morgan fingerprint density at radius 2 is 1.71 bits per heavy atom. The van der Waals surface area contributed by atoms with E-state index in [1.165, 1.54) is 5.56 Å². The van der Waals surface area contributed by atoms with E-state index in [0.29, 0.717) is 18.4 Å². The molecule has 0 spiro atoms. The standard InChI is InChI=1S/C20H30N2O2/c21-14-16-6-8-18(9-7-16)20(23)22-12-10-19(11-13-22)24-15-17-4-2-1-3-5-17/h1-5,16,18-19H,6-15,21H2. The second-order valence-electron chi connectivity index (χ2n) is 7.27. The first-order valence-corrected chi connectivity index (χ1v) is 9.40. The number of benzene rings is 1. The number of amides is 1. The fourth-order valence-corrected chi connectivity index (χ4v) is 3.93. The third-order valence-corrected chi connectivity index (χ3v) is 5.61. The second kappa shape index (κ2) is 8.63. The van der Waals surface area contributed by atoms with Gasteiger partial charge in [0.05, 0.1) is 12.7 Å².